The molecular formula is C19H20N2O3S. The number of aromatic nitrogens is 2. The molecule has 0 fully saturated rings. The van der Waals surface area contributed by atoms with E-state index in [1.54, 1.807) is 18.2 Å². The topological polar surface area (TPSA) is 64.3 Å². The summed E-state index contributed by atoms with van der Waals surface area (Å²) >= 11 is 3.87. The molecule has 1 N–H and O–H groups in total. The Balaban J connectivity index is 1.67. The quantitative estimate of drug-likeness (QED) is 0.664. The summed E-state index contributed by atoms with van der Waals surface area (Å²) in [5, 5.41) is 9.49. The molecule has 1 aromatic heterocycles. The van der Waals surface area contributed by atoms with E-state index in [4.69, 9.17) is 4.74 Å². The number of imidazole rings is 1. The first-order chi connectivity index (χ1) is 11.9. The van der Waals surface area contributed by atoms with Crippen LogP contribution in [0, 0.1) is 5.92 Å². The lowest BCUT2D eigenvalue weighted by Gasteiger charge is -2.09. The molecule has 0 aliphatic rings. The minimum absolute atomic E-state index is 0.104. The van der Waals surface area contributed by atoms with Crippen molar-refractivity contribution in [2.24, 2.45) is 13.0 Å². The summed E-state index contributed by atoms with van der Waals surface area (Å²) in [7, 11) is 1.90. The van der Waals surface area contributed by atoms with Crippen LogP contribution in [0.25, 0.3) is 11.0 Å². The third kappa shape index (κ3) is 3.96. The number of fused-ring (bicyclic) bond motifs is 1. The lowest BCUT2D eigenvalue weighted by Crippen LogP contribution is -2.07. The zero-order valence-corrected chi connectivity index (χ0v) is 15.0. The molecule has 0 saturated carbocycles. The summed E-state index contributed by atoms with van der Waals surface area (Å²) in [5.74, 6) is 1.63. The molecule has 0 aliphatic heterocycles. The number of carbonyl (C=O) groups is 1. The molecule has 0 spiro atoms. The van der Waals surface area contributed by atoms with Crippen LogP contribution in [-0.2, 0) is 24.9 Å². The maximum absolute atomic E-state index is 11.2. The standard InChI is InChI=1S/C19H20N2O3S/c1-12(19(23)25)9-13-3-6-15(7-4-13)24-11-18-20-16-8-5-14(22)10-17(16)21(18)2/h3-8,10,12,22H,9,11H2,1-2H3,(H,23,25). The molecule has 1 heterocycles. The highest BCUT2D eigenvalue weighted by atomic mass is 32.1. The molecular weight excluding hydrogens is 336 g/mol. The molecule has 6 heteroatoms. The predicted octanol–water partition coefficient (Wildman–Crippen LogP) is 3.49. The highest BCUT2D eigenvalue weighted by Crippen LogP contribution is 2.22. The molecule has 5 nitrogen and oxygen atoms in total. The van der Waals surface area contributed by atoms with Gasteiger partial charge in [-0.1, -0.05) is 19.1 Å². The fraction of sp³-hybridized carbons (Fsp3) is 0.263. The molecule has 1 atom stereocenters. The minimum atomic E-state index is -0.105. The number of nitrogens with zero attached hydrogens (tertiary/aromatic N) is 2. The summed E-state index contributed by atoms with van der Waals surface area (Å²) in [6.45, 7) is 2.19. The number of carbonyl (C=O) groups excluding carboxylic acids is 1. The van der Waals surface area contributed by atoms with Crippen molar-refractivity contribution in [3.8, 4) is 11.5 Å². The van der Waals surface area contributed by atoms with Crippen molar-refractivity contribution in [1.82, 2.24) is 9.55 Å². The number of phenols is 1. The van der Waals surface area contributed by atoms with Gasteiger partial charge in [-0.25, -0.2) is 4.98 Å². The number of rotatable bonds is 6. The van der Waals surface area contributed by atoms with Gasteiger partial charge in [-0.05, 0) is 36.2 Å². The summed E-state index contributed by atoms with van der Waals surface area (Å²) in [6, 6.07) is 12.8. The molecule has 0 radical (unpaired) electrons. The SMILES string of the molecule is CC(Cc1ccc(OCc2nc3ccc(O)cc3n2C)cc1)C(=O)S. The fourth-order valence-electron chi connectivity index (χ4n) is 2.67. The maximum Gasteiger partial charge on any atom is 0.189 e. The van der Waals surface area contributed by atoms with Crippen molar-refractivity contribution >= 4 is 28.8 Å². The van der Waals surface area contributed by atoms with Crippen LogP contribution in [0.1, 0.15) is 18.3 Å². The molecule has 25 heavy (non-hydrogen) atoms. The van der Waals surface area contributed by atoms with Gasteiger partial charge in [0.25, 0.3) is 0 Å². The Morgan fingerprint density at radius 3 is 2.68 bits per heavy atom. The van der Waals surface area contributed by atoms with Crippen LogP contribution < -0.4 is 4.74 Å². The van der Waals surface area contributed by atoms with Crippen molar-refractivity contribution in [2.45, 2.75) is 20.0 Å². The van der Waals surface area contributed by atoms with Gasteiger partial charge in [-0.3, -0.25) is 4.79 Å². The Kier molecular flexibility index (Phi) is 4.99. The van der Waals surface area contributed by atoms with Crippen molar-refractivity contribution in [2.75, 3.05) is 0 Å². The van der Waals surface area contributed by atoms with E-state index < -0.39 is 0 Å². The maximum atomic E-state index is 11.2. The van der Waals surface area contributed by atoms with E-state index in [1.165, 1.54) is 0 Å². The van der Waals surface area contributed by atoms with Crippen molar-refractivity contribution in [3.63, 3.8) is 0 Å². The number of hydrogen-bond acceptors (Lipinski definition) is 4. The largest absolute Gasteiger partial charge is 0.508 e. The smallest absolute Gasteiger partial charge is 0.189 e. The Morgan fingerprint density at radius 2 is 2.00 bits per heavy atom. The zero-order chi connectivity index (χ0) is 18.0. The molecule has 0 aliphatic carbocycles. The van der Waals surface area contributed by atoms with Crippen LogP contribution in [0.2, 0.25) is 0 Å². The summed E-state index contributed by atoms with van der Waals surface area (Å²) in [5.41, 5.74) is 2.75. The first-order valence-electron chi connectivity index (χ1n) is 8.03. The van der Waals surface area contributed by atoms with Crippen LogP contribution >= 0.6 is 12.6 Å². The minimum Gasteiger partial charge on any atom is -0.508 e. The van der Waals surface area contributed by atoms with Gasteiger partial charge in [0.15, 0.2) is 5.12 Å². The highest BCUT2D eigenvalue weighted by Gasteiger charge is 2.11. The van der Waals surface area contributed by atoms with Crippen molar-refractivity contribution in [1.29, 1.82) is 0 Å². The van der Waals surface area contributed by atoms with Gasteiger partial charge < -0.3 is 14.4 Å². The predicted molar refractivity (Wildman–Crippen MR) is 100 cm³/mol. The van der Waals surface area contributed by atoms with Crippen LogP contribution in [0.3, 0.4) is 0 Å². The molecule has 130 valence electrons. The summed E-state index contributed by atoms with van der Waals surface area (Å²) in [6.07, 6.45) is 0.664. The first-order valence-corrected chi connectivity index (χ1v) is 8.47. The van der Waals surface area contributed by atoms with Gasteiger partial charge >= 0.3 is 0 Å². The molecule has 3 aromatic rings. The number of aryl methyl sites for hydroxylation is 1. The van der Waals surface area contributed by atoms with Crippen molar-refractivity contribution < 1.29 is 14.6 Å². The fourth-order valence-corrected chi connectivity index (χ4v) is 2.76. The lowest BCUT2D eigenvalue weighted by molar-refractivity contribution is -0.113. The Hall–Kier alpha value is -2.47. The molecule has 0 bridgehead atoms. The average Bonchev–Trinajstić information content (AvgIpc) is 2.90. The van der Waals surface area contributed by atoms with E-state index >= 15 is 0 Å². The lowest BCUT2D eigenvalue weighted by atomic mass is 10.0. The first kappa shape index (κ1) is 17.4. The molecule has 0 saturated heterocycles. The Labute approximate surface area is 151 Å². The zero-order valence-electron chi connectivity index (χ0n) is 14.1. The van der Waals surface area contributed by atoms with Crippen LogP contribution in [0.5, 0.6) is 11.5 Å². The van der Waals surface area contributed by atoms with E-state index in [1.807, 2.05) is 42.8 Å². The second-order valence-corrected chi connectivity index (χ2v) is 6.58. The number of aromatic hydroxyl groups is 1. The number of benzene rings is 2. The monoisotopic (exact) mass is 356 g/mol. The van der Waals surface area contributed by atoms with Gasteiger partial charge in [0, 0.05) is 19.0 Å². The number of thiol groups is 1. The average molecular weight is 356 g/mol. The molecule has 3 rings (SSSR count). The van der Waals surface area contributed by atoms with E-state index in [2.05, 4.69) is 17.6 Å². The van der Waals surface area contributed by atoms with Gasteiger partial charge in [-0.15, -0.1) is 12.6 Å². The number of ether oxygens (including phenoxy) is 1. The van der Waals surface area contributed by atoms with Gasteiger partial charge in [0.2, 0.25) is 0 Å². The van der Waals surface area contributed by atoms with Crippen LogP contribution in [0.4, 0.5) is 0 Å². The molecule has 0 amide bonds. The van der Waals surface area contributed by atoms with E-state index in [0.29, 0.717) is 13.0 Å². The third-order valence-corrected chi connectivity index (χ3v) is 4.65. The van der Waals surface area contributed by atoms with Gasteiger partial charge in [0.05, 0.1) is 11.0 Å². The second kappa shape index (κ2) is 7.19. The van der Waals surface area contributed by atoms with Crippen molar-refractivity contribution in [3.05, 3.63) is 53.9 Å². The van der Waals surface area contributed by atoms with Crippen LogP contribution in [-0.4, -0.2) is 19.8 Å². The molecule has 1 unspecified atom stereocenters. The van der Waals surface area contributed by atoms with E-state index in [-0.39, 0.29) is 16.8 Å². The summed E-state index contributed by atoms with van der Waals surface area (Å²) < 4.78 is 7.72. The third-order valence-electron chi connectivity index (χ3n) is 4.21. The van der Waals surface area contributed by atoms with E-state index in [9.17, 15) is 9.90 Å². The van der Waals surface area contributed by atoms with Gasteiger partial charge in [-0.2, -0.15) is 0 Å². The molecule has 2 aromatic carbocycles. The van der Waals surface area contributed by atoms with Crippen LogP contribution in [0.15, 0.2) is 42.5 Å². The Morgan fingerprint density at radius 1 is 1.28 bits per heavy atom. The normalized spacial score (nSPS) is 12.3. The summed E-state index contributed by atoms with van der Waals surface area (Å²) in [4.78, 5) is 15.7. The Bertz CT molecular complexity index is 903. The van der Waals surface area contributed by atoms with E-state index in [0.717, 1.165) is 28.2 Å². The second-order valence-electron chi connectivity index (χ2n) is 6.14. The number of hydrogen-bond donors (Lipinski definition) is 2. The number of phenolic OH excluding ortho intramolecular Hbond substituents is 1. The highest BCUT2D eigenvalue weighted by molar-refractivity contribution is 7.96. The van der Waals surface area contributed by atoms with Gasteiger partial charge in [0.1, 0.15) is 23.9 Å².